The van der Waals surface area contributed by atoms with E-state index in [4.69, 9.17) is 5.73 Å². The second kappa shape index (κ2) is 7.95. The molecule has 1 aliphatic rings. The fourth-order valence-corrected chi connectivity index (χ4v) is 3.54. The number of benzene rings is 1. The first kappa shape index (κ1) is 16.5. The summed E-state index contributed by atoms with van der Waals surface area (Å²) in [6.45, 7) is 8.89. The fourth-order valence-electron chi connectivity index (χ4n) is 3.54. The van der Waals surface area contributed by atoms with Gasteiger partial charge >= 0.3 is 0 Å². The van der Waals surface area contributed by atoms with Gasteiger partial charge in [-0.05, 0) is 42.9 Å². The molecule has 1 aromatic carbocycles. The predicted octanol–water partition coefficient (Wildman–Crippen LogP) is 4.15. The van der Waals surface area contributed by atoms with Crippen LogP contribution in [0.25, 0.3) is 0 Å². The molecule has 0 radical (unpaired) electrons. The van der Waals surface area contributed by atoms with E-state index in [9.17, 15) is 0 Å². The third kappa shape index (κ3) is 4.82. The van der Waals surface area contributed by atoms with Crippen molar-refractivity contribution in [3.05, 3.63) is 35.4 Å². The first-order valence-corrected chi connectivity index (χ1v) is 8.68. The molecule has 0 heterocycles. The quantitative estimate of drug-likeness (QED) is 0.816. The van der Waals surface area contributed by atoms with Crippen LogP contribution in [0.2, 0.25) is 0 Å². The minimum absolute atomic E-state index is 0.138. The van der Waals surface area contributed by atoms with Crippen molar-refractivity contribution in [2.45, 2.75) is 65.0 Å². The molecule has 0 aromatic heterocycles. The molecule has 1 aliphatic carbocycles. The Morgan fingerprint density at radius 1 is 1.14 bits per heavy atom. The lowest BCUT2D eigenvalue weighted by molar-refractivity contribution is 0.197. The van der Waals surface area contributed by atoms with E-state index in [2.05, 4.69) is 49.9 Å². The number of likely N-dealkylation sites (N-methyl/N-ethyl adjacent to an activating group) is 1. The topological polar surface area (TPSA) is 29.3 Å². The van der Waals surface area contributed by atoms with Gasteiger partial charge in [-0.25, -0.2) is 0 Å². The lowest BCUT2D eigenvalue weighted by atomic mass is 9.99. The lowest BCUT2D eigenvalue weighted by Gasteiger charge is -2.30. The van der Waals surface area contributed by atoms with Crippen LogP contribution < -0.4 is 5.73 Å². The highest BCUT2D eigenvalue weighted by atomic mass is 15.2. The van der Waals surface area contributed by atoms with Gasteiger partial charge in [-0.2, -0.15) is 0 Å². The molecule has 0 aliphatic heterocycles. The number of hydrogen-bond acceptors (Lipinski definition) is 2. The van der Waals surface area contributed by atoms with Crippen molar-refractivity contribution in [3.63, 3.8) is 0 Å². The van der Waals surface area contributed by atoms with Crippen molar-refractivity contribution in [1.82, 2.24) is 4.90 Å². The van der Waals surface area contributed by atoms with Crippen molar-refractivity contribution in [3.8, 4) is 0 Å². The molecule has 1 fully saturated rings. The number of hydrogen-bond donors (Lipinski definition) is 1. The Kier molecular flexibility index (Phi) is 6.25. The van der Waals surface area contributed by atoms with Crippen molar-refractivity contribution in [2.24, 2.45) is 11.7 Å². The van der Waals surface area contributed by atoms with Crippen LogP contribution in [0.5, 0.6) is 0 Å². The van der Waals surface area contributed by atoms with E-state index in [-0.39, 0.29) is 6.04 Å². The monoisotopic (exact) mass is 288 g/mol. The molecule has 1 aromatic rings. The molecule has 0 spiro atoms. The summed E-state index contributed by atoms with van der Waals surface area (Å²) in [5.74, 6) is 0.711. The maximum atomic E-state index is 6.45. The van der Waals surface area contributed by atoms with Crippen LogP contribution in [0.3, 0.4) is 0 Å². The van der Waals surface area contributed by atoms with Gasteiger partial charge in [-0.1, -0.05) is 57.9 Å². The summed E-state index contributed by atoms with van der Waals surface area (Å²) in [4.78, 5) is 2.58. The maximum Gasteiger partial charge on any atom is 0.0424 e. The van der Waals surface area contributed by atoms with E-state index in [1.807, 2.05) is 0 Å². The largest absolute Gasteiger partial charge is 0.323 e. The summed E-state index contributed by atoms with van der Waals surface area (Å²) in [5.41, 5.74) is 9.15. The molecular weight excluding hydrogens is 256 g/mol. The Morgan fingerprint density at radius 3 is 2.29 bits per heavy atom. The summed E-state index contributed by atoms with van der Waals surface area (Å²) >= 11 is 0. The Labute approximate surface area is 130 Å². The second-order valence-electron chi connectivity index (χ2n) is 6.97. The van der Waals surface area contributed by atoms with Crippen LogP contribution in [0.15, 0.2) is 24.3 Å². The first-order chi connectivity index (χ1) is 10.1. The first-order valence-electron chi connectivity index (χ1n) is 8.68. The van der Waals surface area contributed by atoms with Crippen LogP contribution >= 0.6 is 0 Å². The summed E-state index contributed by atoms with van der Waals surface area (Å²) in [6, 6.07) is 9.86. The third-order valence-electron chi connectivity index (χ3n) is 4.73. The summed E-state index contributed by atoms with van der Waals surface area (Å²) in [7, 11) is 0. The zero-order valence-electron chi connectivity index (χ0n) is 14.0. The highest BCUT2D eigenvalue weighted by molar-refractivity contribution is 5.25. The molecular formula is C19H32N2. The minimum Gasteiger partial charge on any atom is -0.323 e. The fraction of sp³-hybridized carbons (Fsp3) is 0.684. The van der Waals surface area contributed by atoms with Crippen molar-refractivity contribution in [2.75, 3.05) is 13.1 Å². The zero-order chi connectivity index (χ0) is 15.2. The van der Waals surface area contributed by atoms with Gasteiger partial charge in [-0.3, -0.25) is 4.90 Å². The van der Waals surface area contributed by atoms with Crippen LogP contribution in [-0.4, -0.2) is 24.0 Å². The Balaban J connectivity index is 1.93. The van der Waals surface area contributed by atoms with Gasteiger partial charge in [0.25, 0.3) is 0 Å². The summed E-state index contributed by atoms with van der Waals surface area (Å²) < 4.78 is 0. The van der Waals surface area contributed by atoms with Crippen molar-refractivity contribution >= 4 is 0 Å². The third-order valence-corrected chi connectivity index (χ3v) is 4.73. The van der Waals surface area contributed by atoms with Crippen molar-refractivity contribution in [1.29, 1.82) is 0 Å². The predicted molar refractivity (Wildman–Crippen MR) is 91.4 cm³/mol. The van der Waals surface area contributed by atoms with E-state index < -0.39 is 0 Å². The summed E-state index contributed by atoms with van der Waals surface area (Å²) in [5, 5.41) is 0. The Bertz CT molecular complexity index is 404. The van der Waals surface area contributed by atoms with Gasteiger partial charge < -0.3 is 5.73 Å². The van der Waals surface area contributed by atoms with Crippen LogP contribution in [-0.2, 0) is 6.42 Å². The van der Waals surface area contributed by atoms with E-state index in [1.54, 1.807) is 0 Å². The van der Waals surface area contributed by atoms with Crippen LogP contribution in [0.4, 0.5) is 0 Å². The highest BCUT2D eigenvalue weighted by Gasteiger charge is 2.23. The summed E-state index contributed by atoms with van der Waals surface area (Å²) in [6.07, 6.45) is 6.64. The zero-order valence-corrected chi connectivity index (χ0v) is 14.0. The van der Waals surface area contributed by atoms with Gasteiger partial charge in [0.1, 0.15) is 0 Å². The van der Waals surface area contributed by atoms with Crippen molar-refractivity contribution < 1.29 is 0 Å². The smallest absolute Gasteiger partial charge is 0.0424 e. The second-order valence-corrected chi connectivity index (χ2v) is 6.97. The molecule has 0 amide bonds. The molecule has 0 bridgehead atoms. The average Bonchev–Trinajstić information content (AvgIpc) is 2.98. The van der Waals surface area contributed by atoms with E-state index in [0.717, 1.165) is 25.6 Å². The SMILES string of the molecule is CCN(CC(N)c1ccc(CC(C)C)cc1)C1CCCC1. The maximum absolute atomic E-state index is 6.45. The van der Waals surface area contributed by atoms with Gasteiger partial charge in [0, 0.05) is 18.6 Å². The Hall–Kier alpha value is -0.860. The molecule has 21 heavy (non-hydrogen) atoms. The minimum atomic E-state index is 0.138. The normalized spacial score (nSPS) is 17.8. The highest BCUT2D eigenvalue weighted by Crippen LogP contribution is 2.25. The lowest BCUT2D eigenvalue weighted by Crippen LogP contribution is -2.38. The number of nitrogens with zero attached hydrogens (tertiary/aromatic N) is 1. The molecule has 1 unspecified atom stereocenters. The molecule has 1 atom stereocenters. The Morgan fingerprint density at radius 2 is 1.76 bits per heavy atom. The molecule has 2 rings (SSSR count). The van der Waals surface area contributed by atoms with Crippen LogP contribution in [0.1, 0.15) is 63.6 Å². The average molecular weight is 288 g/mol. The molecule has 0 saturated heterocycles. The molecule has 2 nitrogen and oxygen atoms in total. The van der Waals surface area contributed by atoms with Crippen LogP contribution in [0, 0.1) is 5.92 Å². The molecule has 118 valence electrons. The standard InChI is InChI=1S/C19H32N2/c1-4-21(18-7-5-6-8-18)14-19(20)17-11-9-16(10-12-17)13-15(2)3/h9-12,15,18-19H,4-8,13-14,20H2,1-3H3. The molecule has 2 heteroatoms. The number of rotatable bonds is 7. The van der Waals surface area contributed by atoms with Gasteiger partial charge in [0.05, 0.1) is 0 Å². The van der Waals surface area contributed by atoms with E-state index in [0.29, 0.717) is 5.92 Å². The van der Waals surface area contributed by atoms with E-state index >= 15 is 0 Å². The van der Waals surface area contributed by atoms with Gasteiger partial charge in [0.15, 0.2) is 0 Å². The van der Waals surface area contributed by atoms with E-state index in [1.165, 1.54) is 36.8 Å². The van der Waals surface area contributed by atoms with Gasteiger partial charge in [0.2, 0.25) is 0 Å². The molecule has 2 N–H and O–H groups in total. The van der Waals surface area contributed by atoms with Gasteiger partial charge in [-0.15, -0.1) is 0 Å². The molecule has 1 saturated carbocycles. The number of nitrogens with two attached hydrogens (primary N) is 1.